The van der Waals surface area contributed by atoms with Crippen LogP contribution in [-0.2, 0) is 11.3 Å². The van der Waals surface area contributed by atoms with Crippen LogP contribution in [0, 0.1) is 0 Å². The first kappa shape index (κ1) is 17.1. The van der Waals surface area contributed by atoms with E-state index in [9.17, 15) is 4.79 Å². The number of anilines is 1. The molecule has 26 heavy (non-hydrogen) atoms. The van der Waals surface area contributed by atoms with Gasteiger partial charge in [0.2, 0.25) is 5.91 Å². The standard InChI is InChI=1S/C20H21BrN4O/c21-17-5-4-16-6-9-23(18(16)15-17)10-7-20(26)25-13-11-24(12-14-25)19-3-1-2-8-22-19/h1-6,8-9,15H,7,10-14H2. The van der Waals surface area contributed by atoms with E-state index >= 15 is 0 Å². The van der Waals surface area contributed by atoms with Gasteiger partial charge in [0.25, 0.3) is 0 Å². The highest BCUT2D eigenvalue weighted by Gasteiger charge is 2.21. The lowest BCUT2D eigenvalue weighted by Crippen LogP contribution is -2.49. The number of pyridine rings is 1. The Kier molecular flexibility index (Phi) is 4.93. The zero-order valence-corrected chi connectivity index (χ0v) is 16.1. The normalized spacial score (nSPS) is 14.8. The Morgan fingerprint density at radius 1 is 1.08 bits per heavy atom. The maximum atomic E-state index is 12.6. The third-order valence-corrected chi connectivity index (χ3v) is 5.40. The van der Waals surface area contributed by atoms with Crippen LogP contribution in [0.4, 0.5) is 5.82 Å². The van der Waals surface area contributed by atoms with E-state index in [1.807, 2.05) is 35.4 Å². The van der Waals surface area contributed by atoms with Gasteiger partial charge in [-0.1, -0.05) is 28.1 Å². The summed E-state index contributed by atoms with van der Waals surface area (Å²) in [4.78, 5) is 21.2. The fraction of sp³-hybridized carbons (Fsp3) is 0.300. The summed E-state index contributed by atoms with van der Waals surface area (Å²) in [6.07, 6.45) is 4.40. The number of aromatic nitrogens is 2. The number of hydrogen-bond acceptors (Lipinski definition) is 3. The SMILES string of the molecule is O=C(CCn1ccc2ccc(Br)cc21)N1CCN(c2ccccn2)CC1. The number of hydrogen-bond donors (Lipinski definition) is 0. The molecular formula is C20H21BrN4O. The molecule has 1 aromatic carbocycles. The minimum absolute atomic E-state index is 0.225. The van der Waals surface area contributed by atoms with Gasteiger partial charge in [0.05, 0.1) is 0 Å². The summed E-state index contributed by atoms with van der Waals surface area (Å²) >= 11 is 3.52. The molecule has 5 nitrogen and oxygen atoms in total. The van der Waals surface area contributed by atoms with Crippen molar-refractivity contribution in [2.45, 2.75) is 13.0 Å². The number of carbonyl (C=O) groups is 1. The Hall–Kier alpha value is -2.34. The van der Waals surface area contributed by atoms with E-state index < -0.39 is 0 Å². The van der Waals surface area contributed by atoms with E-state index in [1.165, 1.54) is 5.39 Å². The maximum Gasteiger partial charge on any atom is 0.224 e. The fourth-order valence-corrected chi connectivity index (χ4v) is 3.80. The smallest absolute Gasteiger partial charge is 0.224 e. The number of benzene rings is 1. The van der Waals surface area contributed by atoms with Crippen molar-refractivity contribution in [2.24, 2.45) is 0 Å². The molecule has 0 radical (unpaired) electrons. The molecule has 3 heterocycles. The van der Waals surface area contributed by atoms with Crippen molar-refractivity contribution in [3.63, 3.8) is 0 Å². The van der Waals surface area contributed by atoms with E-state index in [-0.39, 0.29) is 5.91 Å². The summed E-state index contributed by atoms with van der Waals surface area (Å²) < 4.78 is 3.21. The van der Waals surface area contributed by atoms with Crippen molar-refractivity contribution < 1.29 is 4.79 Å². The minimum atomic E-state index is 0.225. The molecule has 1 fully saturated rings. The van der Waals surface area contributed by atoms with Crippen molar-refractivity contribution in [1.29, 1.82) is 0 Å². The molecule has 0 spiro atoms. The van der Waals surface area contributed by atoms with Crippen LogP contribution < -0.4 is 4.90 Å². The average Bonchev–Trinajstić information content (AvgIpc) is 3.09. The monoisotopic (exact) mass is 412 g/mol. The van der Waals surface area contributed by atoms with E-state index in [4.69, 9.17) is 0 Å². The number of fused-ring (bicyclic) bond motifs is 1. The van der Waals surface area contributed by atoms with Crippen LogP contribution in [0.3, 0.4) is 0 Å². The van der Waals surface area contributed by atoms with Gasteiger partial charge in [-0.25, -0.2) is 4.98 Å². The third kappa shape index (κ3) is 3.60. The van der Waals surface area contributed by atoms with Crippen molar-refractivity contribution in [2.75, 3.05) is 31.1 Å². The van der Waals surface area contributed by atoms with Crippen molar-refractivity contribution in [3.05, 3.63) is 59.3 Å². The molecule has 0 aliphatic carbocycles. The molecular weight excluding hydrogens is 392 g/mol. The lowest BCUT2D eigenvalue weighted by Gasteiger charge is -2.35. The number of carbonyl (C=O) groups excluding carboxylic acids is 1. The largest absolute Gasteiger partial charge is 0.353 e. The Morgan fingerprint density at radius 3 is 2.69 bits per heavy atom. The summed E-state index contributed by atoms with van der Waals surface area (Å²) in [5.74, 6) is 1.21. The van der Waals surface area contributed by atoms with Gasteiger partial charge in [0, 0.05) is 61.5 Å². The molecule has 0 atom stereocenters. The number of halogens is 1. The van der Waals surface area contributed by atoms with Crippen LogP contribution in [0.5, 0.6) is 0 Å². The topological polar surface area (TPSA) is 41.4 Å². The number of rotatable bonds is 4. The molecule has 1 amide bonds. The molecule has 2 aromatic heterocycles. The molecule has 1 aliphatic heterocycles. The highest BCUT2D eigenvalue weighted by atomic mass is 79.9. The molecule has 1 saturated heterocycles. The quantitative estimate of drug-likeness (QED) is 0.657. The molecule has 1 aliphatic rings. The molecule has 134 valence electrons. The van der Waals surface area contributed by atoms with Gasteiger partial charge >= 0.3 is 0 Å². The summed E-state index contributed by atoms with van der Waals surface area (Å²) in [5.41, 5.74) is 1.16. The molecule has 0 unspecified atom stereocenters. The van der Waals surface area contributed by atoms with Crippen LogP contribution in [0.2, 0.25) is 0 Å². The van der Waals surface area contributed by atoms with Gasteiger partial charge < -0.3 is 14.4 Å². The van der Waals surface area contributed by atoms with Crippen molar-refractivity contribution in [3.8, 4) is 0 Å². The number of aryl methyl sites for hydroxylation is 1. The highest BCUT2D eigenvalue weighted by Crippen LogP contribution is 2.21. The minimum Gasteiger partial charge on any atom is -0.353 e. The van der Waals surface area contributed by atoms with Gasteiger partial charge in [-0.05, 0) is 35.7 Å². The summed E-state index contributed by atoms with van der Waals surface area (Å²) in [6, 6.07) is 14.3. The molecule has 3 aromatic rings. The second-order valence-corrected chi connectivity index (χ2v) is 7.43. The van der Waals surface area contributed by atoms with Crippen molar-refractivity contribution >= 4 is 38.6 Å². The Bertz CT molecular complexity index is 901. The van der Waals surface area contributed by atoms with Crippen LogP contribution in [0.25, 0.3) is 10.9 Å². The Labute approximate surface area is 161 Å². The first-order chi connectivity index (χ1) is 12.7. The third-order valence-electron chi connectivity index (χ3n) is 4.91. The van der Waals surface area contributed by atoms with E-state index in [2.05, 4.69) is 54.8 Å². The van der Waals surface area contributed by atoms with Crippen LogP contribution >= 0.6 is 15.9 Å². The molecule has 6 heteroatoms. The number of piperazine rings is 1. The predicted molar refractivity (Wildman–Crippen MR) is 107 cm³/mol. The summed E-state index contributed by atoms with van der Waals surface area (Å²) in [6.45, 7) is 3.89. The van der Waals surface area contributed by atoms with Crippen LogP contribution in [0.1, 0.15) is 6.42 Å². The highest BCUT2D eigenvalue weighted by molar-refractivity contribution is 9.10. The summed E-state index contributed by atoms with van der Waals surface area (Å²) in [5, 5.41) is 1.20. The lowest BCUT2D eigenvalue weighted by atomic mass is 10.2. The van der Waals surface area contributed by atoms with Crippen LogP contribution in [-0.4, -0.2) is 46.5 Å². The van der Waals surface area contributed by atoms with E-state index in [0.29, 0.717) is 13.0 Å². The molecule has 0 N–H and O–H groups in total. The lowest BCUT2D eigenvalue weighted by molar-refractivity contribution is -0.131. The van der Waals surface area contributed by atoms with Gasteiger partial charge in [0.1, 0.15) is 5.82 Å². The number of amides is 1. The van der Waals surface area contributed by atoms with Crippen LogP contribution in [0.15, 0.2) is 59.3 Å². The van der Waals surface area contributed by atoms with Crippen molar-refractivity contribution in [1.82, 2.24) is 14.5 Å². The Morgan fingerprint density at radius 2 is 1.92 bits per heavy atom. The first-order valence-corrected chi connectivity index (χ1v) is 9.68. The molecule has 4 rings (SSSR count). The zero-order valence-electron chi connectivity index (χ0n) is 14.5. The number of nitrogens with zero attached hydrogens (tertiary/aromatic N) is 4. The second-order valence-electron chi connectivity index (χ2n) is 6.52. The van der Waals surface area contributed by atoms with Gasteiger partial charge in [-0.15, -0.1) is 0 Å². The fourth-order valence-electron chi connectivity index (χ4n) is 3.45. The summed E-state index contributed by atoms with van der Waals surface area (Å²) in [7, 11) is 0. The Balaban J connectivity index is 1.33. The molecule has 0 bridgehead atoms. The van der Waals surface area contributed by atoms with E-state index in [1.54, 1.807) is 0 Å². The van der Waals surface area contributed by atoms with E-state index in [0.717, 1.165) is 42.0 Å². The van der Waals surface area contributed by atoms with Gasteiger partial charge in [0.15, 0.2) is 0 Å². The second kappa shape index (κ2) is 7.50. The predicted octanol–water partition coefficient (Wildman–Crippen LogP) is 3.54. The van der Waals surface area contributed by atoms with Gasteiger partial charge in [-0.2, -0.15) is 0 Å². The maximum absolute atomic E-state index is 12.6. The van der Waals surface area contributed by atoms with Gasteiger partial charge in [-0.3, -0.25) is 4.79 Å². The zero-order chi connectivity index (χ0) is 17.9. The molecule has 0 saturated carbocycles. The average molecular weight is 413 g/mol. The first-order valence-electron chi connectivity index (χ1n) is 8.89.